The minimum absolute atomic E-state index is 0.0608. The number of nitrogens with one attached hydrogen (secondary N) is 2. The fraction of sp³-hybridized carbons (Fsp3) is 0.115. The maximum Gasteiger partial charge on any atom is 0.265 e. The average molecular weight is 505 g/mol. The van der Waals surface area contributed by atoms with Gasteiger partial charge >= 0.3 is 0 Å². The Morgan fingerprint density at radius 1 is 0.917 bits per heavy atom. The fourth-order valence-corrected chi connectivity index (χ4v) is 5.31. The third-order valence-corrected chi connectivity index (χ3v) is 7.18. The molecule has 0 aliphatic rings. The van der Waals surface area contributed by atoms with Gasteiger partial charge in [0.05, 0.1) is 17.7 Å². The van der Waals surface area contributed by atoms with E-state index in [1.807, 2.05) is 0 Å². The summed E-state index contributed by atoms with van der Waals surface area (Å²) < 4.78 is 34.0. The predicted octanol–water partition coefficient (Wildman–Crippen LogP) is 4.04. The standard InChI is InChI=1S/C26H24N4O5S/c1-18(31)28-20-6-8-21(9-7-20)29-26(32)17-30(22-10-12-23(35-2)13-11-22)36(33,34)25-5-3-4-19-16-27-15-14-24(19)25/h3-16H,17H2,1-2H3,(H,28,31)(H,29,32). The molecule has 0 unspecified atom stereocenters. The summed E-state index contributed by atoms with van der Waals surface area (Å²) in [5.74, 6) is -0.198. The number of benzene rings is 3. The average Bonchev–Trinajstić information content (AvgIpc) is 2.88. The summed E-state index contributed by atoms with van der Waals surface area (Å²) in [4.78, 5) is 28.3. The topological polar surface area (TPSA) is 118 Å². The van der Waals surface area contributed by atoms with Crippen molar-refractivity contribution in [3.8, 4) is 5.75 Å². The zero-order valence-corrected chi connectivity index (χ0v) is 20.5. The van der Waals surface area contributed by atoms with E-state index < -0.39 is 22.5 Å². The number of carbonyl (C=O) groups is 2. The summed E-state index contributed by atoms with van der Waals surface area (Å²) in [5, 5.41) is 6.52. The molecule has 0 saturated heterocycles. The summed E-state index contributed by atoms with van der Waals surface area (Å²) >= 11 is 0. The van der Waals surface area contributed by atoms with E-state index in [0.29, 0.717) is 33.6 Å². The van der Waals surface area contributed by atoms with Gasteiger partial charge in [0, 0.05) is 41.5 Å². The SMILES string of the molecule is COc1ccc(N(CC(=O)Nc2ccc(NC(C)=O)cc2)S(=O)(=O)c2cccc3cnccc23)cc1. The number of hydrogen-bond acceptors (Lipinski definition) is 6. The Kier molecular flexibility index (Phi) is 7.16. The van der Waals surface area contributed by atoms with Crippen LogP contribution in [0.25, 0.3) is 10.8 Å². The summed E-state index contributed by atoms with van der Waals surface area (Å²) in [7, 11) is -2.64. The number of methoxy groups -OCH3 is 1. The van der Waals surface area contributed by atoms with Crippen molar-refractivity contribution in [3.05, 3.63) is 85.2 Å². The number of fused-ring (bicyclic) bond motifs is 1. The van der Waals surface area contributed by atoms with Crippen LogP contribution in [-0.4, -0.2) is 38.9 Å². The summed E-state index contributed by atoms with van der Waals surface area (Å²) in [6, 6.07) is 19.5. The van der Waals surface area contributed by atoms with E-state index >= 15 is 0 Å². The number of amides is 2. The maximum absolute atomic E-state index is 13.9. The molecule has 184 valence electrons. The molecule has 1 aromatic heterocycles. The molecule has 0 spiro atoms. The molecule has 2 N–H and O–H groups in total. The molecule has 9 nitrogen and oxygen atoms in total. The van der Waals surface area contributed by atoms with Crippen LogP contribution in [0.2, 0.25) is 0 Å². The van der Waals surface area contributed by atoms with Crippen molar-refractivity contribution in [3.63, 3.8) is 0 Å². The fourth-order valence-electron chi connectivity index (χ4n) is 3.67. The molecule has 3 aromatic carbocycles. The number of ether oxygens (including phenoxy) is 1. The third kappa shape index (κ3) is 5.44. The van der Waals surface area contributed by atoms with Crippen LogP contribution in [0.3, 0.4) is 0 Å². The molecule has 2 amide bonds. The van der Waals surface area contributed by atoms with Gasteiger partial charge in [-0.3, -0.25) is 18.9 Å². The van der Waals surface area contributed by atoms with Gasteiger partial charge in [-0.15, -0.1) is 0 Å². The number of aromatic nitrogens is 1. The van der Waals surface area contributed by atoms with E-state index in [1.54, 1.807) is 72.9 Å². The highest BCUT2D eigenvalue weighted by Crippen LogP contribution is 2.30. The minimum Gasteiger partial charge on any atom is -0.497 e. The first-order valence-electron chi connectivity index (χ1n) is 10.9. The first-order valence-corrected chi connectivity index (χ1v) is 12.4. The number of anilines is 3. The van der Waals surface area contributed by atoms with Crippen molar-refractivity contribution in [2.45, 2.75) is 11.8 Å². The van der Waals surface area contributed by atoms with Crippen LogP contribution in [-0.2, 0) is 19.6 Å². The number of nitrogens with zero attached hydrogens (tertiary/aromatic N) is 2. The Labute approximate surface area is 208 Å². The molecule has 0 aliphatic carbocycles. The highest BCUT2D eigenvalue weighted by atomic mass is 32.2. The molecule has 4 aromatic rings. The molecule has 1 heterocycles. The van der Waals surface area contributed by atoms with E-state index in [4.69, 9.17) is 4.74 Å². The Bertz CT molecular complexity index is 1500. The van der Waals surface area contributed by atoms with Gasteiger partial charge in [-0.2, -0.15) is 0 Å². The van der Waals surface area contributed by atoms with E-state index in [2.05, 4.69) is 15.6 Å². The lowest BCUT2D eigenvalue weighted by Gasteiger charge is -2.25. The van der Waals surface area contributed by atoms with E-state index in [-0.39, 0.29) is 10.8 Å². The highest BCUT2D eigenvalue weighted by Gasteiger charge is 2.29. The van der Waals surface area contributed by atoms with Crippen LogP contribution >= 0.6 is 0 Å². The van der Waals surface area contributed by atoms with Crippen molar-refractivity contribution in [1.29, 1.82) is 0 Å². The lowest BCUT2D eigenvalue weighted by molar-refractivity contribution is -0.115. The maximum atomic E-state index is 13.9. The smallest absolute Gasteiger partial charge is 0.265 e. The lowest BCUT2D eigenvalue weighted by atomic mass is 10.2. The van der Waals surface area contributed by atoms with Gasteiger partial charge in [0.2, 0.25) is 11.8 Å². The monoisotopic (exact) mass is 504 g/mol. The molecule has 0 aliphatic heterocycles. The molecule has 36 heavy (non-hydrogen) atoms. The zero-order chi connectivity index (χ0) is 25.7. The normalized spacial score (nSPS) is 11.1. The van der Waals surface area contributed by atoms with Gasteiger partial charge in [-0.05, 0) is 60.7 Å². The van der Waals surface area contributed by atoms with Gasteiger partial charge < -0.3 is 15.4 Å². The van der Waals surface area contributed by atoms with Gasteiger partial charge in [0.25, 0.3) is 10.0 Å². The molecule has 0 radical (unpaired) electrons. The summed E-state index contributed by atoms with van der Waals surface area (Å²) in [6.45, 7) is 0.930. The number of hydrogen-bond donors (Lipinski definition) is 2. The second-order valence-electron chi connectivity index (χ2n) is 7.87. The molecule has 10 heteroatoms. The van der Waals surface area contributed by atoms with Gasteiger partial charge in [0.1, 0.15) is 12.3 Å². The van der Waals surface area contributed by atoms with Gasteiger partial charge in [-0.25, -0.2) is 8.42 Å². The van der Waals surface area contributed by atoms with Crippen molar-refractivity contribution < 1.29 is 22.7 Å². The van der Waals surface area contributed by atoms with Crippen LogP contribution in [0.1, 0.15) is 6.92 Å². The summed E-state index contributed by atoms with van der Waals surface area (Å²) in [5.41, 5.74) is 1.34. The zero-order valence-electron chi connectivity index (χ0n) is 19.6. The number of sulfonamides is 1. The van der Waals surface area contributed by atoms with E-state index in [9.17, 15) is 18.0 Å². The first-order chi connectivity index (χ1) is 17.3. The van der Waals surface area contributed by atoms with Crippen LogP contribution in [0, 0.1) is 0 Å². The molecular weight excluding hydrogens is 480 g/mol. The van der Waals surface area contributed by atoms with Crippen LogP contribution < -0.4 is 19.7 Å². The number of carbonyl (C=O) groups excluding carboxylic acids is 2. The Morgan fingerprint density at radius 3 is 2.22 bits per heavy atom. The van der Waals surface area contributed by atoms with Crippen molar-refractivity contribution in [2.24, 2.45) is 0 Å². The quantitative estimate of drug-likeness (QED) is 0.374. The predicted molar refractivity (Wildman–Crippen MR) is 139 cm³/mol. The second kappa shape index (κ2) is 10.4. The van der Waals surface area contributed by atoms with Crippen LogP contribution in [0.15, 0.2) is 90.1 Å². The number of pyridine rings is 1. The first kappa shape index (κ1) is 24.7. The van der Waals surface area contributed by atoms with Crippen LogP contribution in [0.4, 0.5) is 17.1 Å². The molecule has 4 rings (SSSR count). The minimum atomic E-state index is -4.15. The Morgan fingerprint density at radius 2 is 1.58 bits per heavy atom. The van der Waals surface area contributed by atoms with Crippen molar-refractivity contribution in [2.75, 3.05) is 28.6 Å². The Balaban J connectivity index is 1.67. The molecule has 0 atom stereocenters. The van der Waals surface area contributed by atoms with Crippen LogP contribution in [0.5, 0.6) is 5.75 Å². The van der Waals surface area contributed by atoms with Crippen molar-refractivity contribution >= 4 is 49.7 Å². The van der Waals surface area contributed by atoms with Gasteiger partial charge in [0.15, 0.2) is 0 Å². The van der Waals surface area contributed by atoms with Gasteiger partial charge in [-0.1, -0.05) is 12.1 Å². The molecule has 0 fully saturated rings. The highest BCUT2D eigenvalue weighted by molar-refractivity contribution is 7.93. The summed E-state index contributed by atoms with van der Waals surface area (Å²) in [6.07, 6.45) is 3.11. The van der Waals surface area contributed by atoms with Crippen molar-refractivity contribution in [1.82, 2.24) is 4.98 Å². The largest absolute Gasteiger partial charge is 0.497 e. The van der Waals surface area contributed by atoms with E-state index in [1.165, 1.54) is 26.3 Å². The van der Waals surface area contributed by atoms with E-state index in [0.717, 1.165) is 4.31 Å². The molecular formula is C26H24N4O5S. The lowest BCUT2D eigenvalue weighted by Crippen LogP contribution is -2.38. The second-order valence-corrected chi connectivity index (χ2v) is 9.70. The third-order valence-electron chi connectivity index (χ3n) is 5.35. The Hall–Kier alpha value is -4.44. The molecule has 0 saturated carbocycles. The molecule has 0 bridgehead atoms. The number of rotatable bonds is 8.